The van der Waals surface area contributed by atoms with Crippen molar-refractivity contribution < 1.29 is 4.74 Å². The highest BCUT2D eigenvalue weighted by molar-refractivity contribution is 5.84. The van der Waals surface area contributed by atoms with E-state index in [1.54, 1.807) is 4.68 Å². The molecule has 1 aliphatic rings. The number of rotatable bonds is 5. The number of pyridine rings is 1. The Labute approximate surface area is 189 Å². The van der Waals surface area contributed by atoms with Crippen molar-refractivity contribution in [2.45, 2.75) is 46.1 Å². The second-order valence-electron chi connectivity index (χ2n) is 8.11. The van der Waals surface area contributed by atoms with Gasteiger partial charge in [-0.15, -0.1) is 0 Å². The summed E-state index contributed by atoms with van der Waals surface area (Å²) in [6, 6.07) is 14.2. The molecule has 0 aliphatic heterocycles. The van der Waals surface area contributed by atoms with Crippen LogP contribution in [0.4, 0.5) is 11.6 Å². The van der Waals surface area contributed by atoms with E-state index in [4.69, 9.17) is 9.72 Å². The van der Waals surface area contributed by atoms with Crippen LogP contribution in [0.15, 0.2) is 48.7 Å². The van der Waals surface area contributed by atoms with Crippen molar-refractivity contribution in [2.24, 2.45) is 20.0 Å². The zero-order valence-electron chi connectivity index (χ0n) is 19.5. The van der Waals surface area contributed by atoms with Crippen LogP contribution in [0.5, 0.6) is 5.75 Å². The fourth-order valence-electron chi connectivity index (χ4n) is 4.16. The molecule has 4 aromatic rings. The van der Waals surface area contributed by atoms with Crippen LogP contribution in [0.1, 0.15) is 40.0 Å². The van der Waals surface area contributed by atoms with E-state index in [0.29, 0.717) is 5.92 Å². The van der Waals surface area contributed by atoms with Crippen LogP contribution in [-0.4, -0.2) is 30.6 Å². The Kier molecular flexibility index (Phi) is 6.44. The average molecular weight is 433 g/mol. The van der Waals surface area contributed by atoms with Gasteiger partial charge in [0.05, 0.1) is 17.3 Å². The van der Waals surface area contributed by atoms with Crippen molar-refractivity contribution in [3.05, 3.63) is 48.7 Å². The van der Waals surface area contributed by atoms with Crippen molar-refractivity contribution in [3.8, 4) is 17.0 Å². The van der Waals surface area contributed by atoms with Crippen LogP contribution < -0.4 is 10.1 Å². The Morgan fingerprint density at radius 3 is 2.53 bits per heavy atom. The van der Waals surface area contributed by atoms with E-state index < -0.39 is 0 Å². The van der Waals surface area contributed by atoms with Crippen LogP contribution in [-0.2, 0) is 14.1 Å². The first-order valence-corrected chi connectivity index (χ1v) is 11.4. The van der Waals surface area contributed by atoms with Gasteiger partial charge in [0.1, 0.15) is 23.5 Å². The SMILES string of the molecule is CC.CC1CCCC1Oc1cc(Nc2cc(-c3ccccc3)nn2C)nc2c1cnn2C. The molecule has 0 bridgehead atoms. The summed E-state index contributed by atoms with van der Waals surface area (Å²) < 4.78 is 10.1. The van der Waals surface area contributed by atoms with E-state index in [9.17, 15) is 0 Å². The maximum absolute atomic E-state index is 6.44. The van der Waals surface area contributed by atoms with E-state index in [1.807, 2.05) is 69.2 Å². The first-order valence-electron chi connectivity index (χ1n) is 11.4. The van der Waals surface area contributed by atoms with Gasteiger partial charge < -0.3 is 10.1 Å². The monoisotopic (exact) mass is 432 g/mol. The smallest absolute Gasteiger partial charge is 0.163 e. The molecule has 168 valence electrons. The number of aryl methyl sites for hydroxylation is 2. The van der Waals surface area contributed by atoms with Crippen LogP contribution in [0.3, 0.4) is 0 Å². The molecule has 1 aliphatic carbocycles. The second-order valence-corrected chi connectivity index (χ2v) is 8.11. The minimum absolute atomic E-state index is 0.241. The van der Waals surface area contributed by atoms with Gasteiger partial charge in [0.25, 0.3) is 0 Å². The van der Waals surface area contributed by atoms with Crippen LogP contribution in [0.2, 0.25) is 0 Å². The number of benzene rings is 1. The normalized spacial score (nSPS) is 17.8. The summed E-state index contributed by atoms with van der Waals surface area (Å²) in [7, 11) is 3.83. The van der Waals surface area contributed by atoms with Gasteiger partial charge in [0, 0.05) is 31.8 Å². The van der Waals surface area contributed by atoms with Gasteiger partial charge in [-0.25, -0.2) is 4.98 Å². The number of aromatic nitrogens is 5. The summed E-state index contributed by atoms with van der Waals surface area (Å²) in [5.74, 6) is 2.98. The summed E-state index contributed by atoms with van der Waals surface area (Å²) in [5, 5.41) is 13.4. The highest BCUT2D eigenvalue weighted by Crippen LogP contribution is 2.34. The molecular formula is C25H32N6O. The fraction of sp³-hybridized carbons (Fsp3) is 0.400. The molecule has 1 saturated carbocycles. The summed E-state index contributed by atoms with van der Waals surface area (Å²) in [5.41, 5.74) is 2.79. The topological polar surface area (TPSA) is 69.8 Å². The minimum Gasteiger partial charge on any atom is -0.489 e. The van der Waals surface area contributed by atoms with Gasteiger partial charge in [-0.1, -0.05) is 51.1 Å². The molecule has 1 fully saturated rings. The summed E-state index contributed by atoms with van der Waals surface area (Å²) in [6.45, 7) is 6.26. The molecule has 7 nitrogen and oxygen atoms in total. The zero-order valence-corrected chi connectivity index (χ0v) is 19.5. The lowest BCUT2D eigenvalue weighted by atomic mass is 10.1. The Balaban J connectivity index is 0.00000119. The Morgan fingerprint density at radius 2 is 1.81 bits per heavy atom. The third-order valence-corrected chi connectivity index (χ3v) is 5.93. The predicted octanol–water partition coefficient (Wildman–Crippen LogP) is 5.71. The summed E-state index contributed by atoms with van der Waals surface area (Å²) in [4.78, 5) is 4.78. The van der Waals surface area contributed by atoms with Crippen molar-refractivity contribution in [1.29, 1.82) is 0 Å². The molecule has 0 saturated heterocycles. The van der Waals surface area contributed by atoms with E-state index in [0.717, 1.165) is 46.1 Å². The Bertz CT molecular complexity index is 1180. The molecular weight excluding hydrogens is 400 g/mol. The molecule has 1 N–H and O–H groups in total. The third kappa shape index (κ3) is 4.33. The number of hydrogen-bond acceptors (Lipinski definition) is 5. The molecule has 2 atom stereocenters. The summed E-state index contributed by atoms with van der Waals surface area (Å²) >= 11 is 0. The molecule has 1 aromatic carbocycles. The average Bonchev–Trinajstić information content (AvgIpc) is 3.50. The van der Waals surface area contributed by atoms with Gasteiger partial charge >= 0.3 is 0 Å². The molecule has 0 radical (unpaired) electrons. The number of fused-ring (bicyclic) bond motifs is 1. The predicted molar refractivity (Wildman–Crippen MR) is 129 cm³/mol. The maximum Gasteiger partial charge on any atom is 0.163 e. The van der Waals surface area contributed by atoms with Crippen molar-refractivity contribution in [1.82, 2.24) is 24.5 Å². The van der Waals surface area contributed by atoms with Crippen molar-refractivity contribution >= 4 is 22.7 Å². The molecule has 7 heteroatoms. The van der Waals surface area contributed by atoms with E-state index in [1.165, 1.54) is 12.8 Å². The molecule has 3 aromatic heterocycles. The minimum atomic E-state index is 0.241. The molecule has 0 spiro atoms. The molecule has 32 heavy (non-hydrogen) atoms. The van der Waals surface area contributed by atoms with E-state index >= 15 is 0 Å². The van der Waals surface area contributed by atoms with Crippen molar-refractivity contribution in [2.75, 3.05) is 5.32 Å². The number of ether oxygens (including phenoxy) is 1. The maximum atomic E-state index is 6.44. The number of hydrogen-bond donors (Lipinski definition) is 1. The van der Waals surface area contributed by atoms with Crippen LogP contribution in [0, 0.1) is 5.92 Å². The van der Waals surface area contributed by atoms with Gasteiger partial charge in [-0.2, -0.15) is 10.2 Å². The van der Waals surface area contributed by atoms with E-state index in [-0.39, 0.29) is 6.10 Å². The van der Waals surface area contributed by atoms with Crippen LogP contribution >= 0.6 is 0 Å². The largest absolute Gasteiger partial charge is 0.489 e. The lowest BCUT2D eigenvalue weighted by Crippen LogP contribution is -2.19. The molecule has 2 unspecified atom stereocenters. The van der Waals surface area contributed by atoms with Gasteiger partial charge in [-0.05, 0) is 25.2 Å². The Morgan fingerprint density at radius 1 is 1.03 bits per heavy atom. The van der Waals surface area contributed by atoms with E-state index in [2.05, 4.69) is 34.6 Å². The van der Waals surface area contributed by atoms with Gasteiger partial charge in [0.15, 0.2) is 5.65 Å². The zero-order chi connectivity index (χ0) is 22.7. The van der Waals surface area contributed by atoms with Crippen molar-refractivity contribution in [3.63, 3.8) is 0 Å². The lowest BCUT2D eigenvalue weighted by Gasteiger charge is -2.19. The fourth-order valence-corrected chi connectivity index (χ4v) is 4.16. The first kappa shape index (κ1) is 21.9. The van der Waals surface area contributed by atoms with Crippen LogP contribution in [0.25, 0.3) is 22.3 Å². The standard InChI is InChI=1S/C23H26N6O.C2H6/c1-15-8-7-11-19(15)30-20-13-21(26-23-17(20)14-24-29(23)3)25-22-12-18(27-28(22)2)16-9-5-4-6-10-16;1-2/h4-6,9-10,12-15,19H,7-8,11H2,1-3H3,(H,25,26);1-2H3. The first-order chi connectivity index (χ1) is 15.6. The third-order valence-electron chi connectivity index (χ3n) is 5.93. The molecule has 0 amide bonds. The molecule has 3 heterocycles. The number of anilines is 2. The Hall–Kier alpha value is -3.35. The number of nitrogens with one attached hydrogen (secondary N) is 1. The quantitative estimate of drug-likeness (QED) is 0.438. The second kappa shape index (κ2) is 9.42. The molecule has 5 rings (SSSR count). The highest BCUT2D eigenvalue weighted by atomic mass is 16.5. The van der Waals surface area contributed by atoms with Gasteiger partial charge in [0.2, 0.25) is 0 Å². The van der Waals surface area contributed by atoms with Gasteiger partial charge in [-0.3, -0.25) is 9.36 Å². The highest BCUT2D eigenvalue weighted by Gasteiger charge is 2.26. The summed E-state index contributed by atoms with van der Waals surface area (Å²) in [6.07, 6.45) is 5.60. The lowest BCUT2D eigenvalue weighted by molar-refractivity contribution is 0.170. The number of nitrogens with zero attached hydrogens (tertiary/aromatic N) is 5.